The van der Waals surface area contributed by atoms with Crippen LogP contribution in [-0.4, -0.2) is 30.6 Å². The number of rotatable bonds is 8. The van der Waals surface area contributed by atoms with Gasteiger partial charge in [0.2, 0.25) is 0 Å². The number of nitrogens with one attached hydrogen (secondary N) is 1. The van der Waals surface area contributed by atoms with Crippen LogP contribution >= 0.6 is 11.6 Å². The monoisotopic (exact) mass is 390 g/mol. The van der Waals surface area contributed by atoms with E-state index in [2.05, 4.69) is 5.32 Å². The number of hydrogen-bond acceptors (Lipinski definition) is 5. The van der Waals surface area contributed by atoms with Gasteiger partial charge in [0.15, 0.2) is 6.61 Å². The predicted octanol–water partition coefficient (Wildman–Crippen LogP) is 2.21. The Kier molecular flexibility index (Phi) is 7.63. The third-order valence-corrected chi connectivity index (χ3v) is 3.75. The van der Waals surface area contributed by atoms with Gasteiger partial charge in [-0.25, -0.2) is 9.59 Å². The molecule has 0 spiro atoms. The first-order valence-electron chi connectivity index (χ1n) is 8.10. The molecule has 0 radical (unpaired) electrons. The molecule has 27 heavy (non-hydrogen) atoms. The van der Waals surface area contributed by atoms with Crippen molar-refractivity contribution in [2.75, 3.05) is 6.61 Å². The number of carbonyl (C=O) groups excluding carboxylic acids is 3. The van der Waals surface area contributed by atoms with Crippen LogP contribution in [0, 0.1) is 0 Å². The van der Waals surface area contributed by atoms with E-state index in [1.54, 1.807) is 36.4 Å². The lowest BCUT2D eigenvalue weighted by atomic mass is 10.1. The molecular formula is C19H19ClN2O5. The molecule has 2 amide bonds. The molecule has 0 aliphatic heterocycles. The molecule has 0 aromatic heterocycles. The van der Waals surface area contributed by atoms with Crippen LogP contribution in [0.5, 0.6) is 0 Å². The first kappa shape index (κ1) is 20.3. The van der Waals surface area contributed by atoms with Crippen LogP contribution in [0.1, 0.15) is 11.1 Å². The number of alkyl carbamates (subject to hydrolysis) is 1. The molecule has 2 aromatic rings. The lowest BCUT2D eigenvalue weighted by molar-refractivity contribution is -0.149. The smallest absolute Gasteiger partial charge is 0.408 e. The van der Waals surface area contributed by atoms with Crippen molar-refractivity contribution in [3.8, 4) is 0 Å². The van der Waals surface area contributed by atoms with Crippen LogP contribution < -0.4 is 11.1 Å². The van der Waals surface area contributed by atoms with Gasteiger partial charge in [0.25, 0.3) is 5.91 Å². The van der Waals surface area contributed by atoms with Crippen LogP contribution in [0.15, 0.2) is 54.6 Å². The molecule has 1 atom stereocenters. The number of amides is 2. The summed E-state index contributed by atoms with van der Waals surface area (Å²) < 4.78 is 9.94. The lowest BCUT2D eigenvalue weighted by Gasteiger charge is -2.17. The average molecular weight is 391 g/mol. The zero-order valence-corrected chi connectivity index (χ0v) is 15.1. The third kappa shape index (κ3) is 7.37. The van der Waals surface area contributed by atoms with Gasteiger partial charge in [-0.3, -0.25) is 4.79 Å². The molecule has 7 nitrogen and oxygen atoms in total. The summed E-state index contributed by atoms with van der Waals surface area (Å²) in [5.41, 5.74) is 6.52. The maximum absolute atomic E-state index is 12.2. The number of esters is 1. The second-order valence-corrected chi connectivity index (χ2v) is 6.10. The van der Waals surface area contributed by atoms with Gasteiger partial charge in [-0.05, 0) is 23.3 Å². The third-order valence-electron chi connectivity index (χ3n) is 3.50. The minimum Gasteiger partial charge on any atom is -0.454 e. The standard InChI is InChI=1S/C19H19ClN2O5/c20-15-8-6-13(7-9-15)10-16(18(24)26-12-17(21)23)22-19(25)27-11-14-4-2-1-3-5-14/h1-9,16H,10-12H2,(H2,21,23)(H,22,25). The molecule has 0 saturated heterocycles. The number of ether oxygens (including phenoxy) is 2. The number of hydrogen-bond donors (Lipinski definition) is 2. The Morgan fingerprint density at radius 2 is 1.63 bits per heavy atom. The van der Waals surface area contributed by atoms with Gasteiger partial charge in [-0.1, -0.05) is 54.1 Å². The largest absolute Gasteiger partial charge is 0.454 e. The molecule has 0 bridgehead atoms. The summed E-state index contributed by atoms with van der Waals surface area (Å²) in [6.07, 6.45) is -0.649. The van der Waals surface area contributed by atoms with Crippen molar-refractivity contribution >= 4 is 29.6 Å². The van der Waals surface area contributed by atoms with E-state index >= 15 is 0 Å². The summed E-state index contributed by atoms with van der Waals surface area (Å²) in [5.74, 6) is -1.58. The van der Waals surface area contributed by atoms with E-state index in [0.717, 1.165) is 11.1 Å². The van der Waals surface area contributed by atoms with Gasteiger partial charge in [0.1, 0.15) is 12.6 Å². The van der Waals surface area contributed by atoms with Crippen molar-refractivity contribution in [2.45, 2.75) is 19.1 Å². The van der Waals surface area contributed by atoms with Crippen molar-refractivity contribution in [1.29, 1.82) is 0 Å². The minimum atomic E-state index is -1.05. The molecule has 0 aliphatic carbocycles. The Bertz CT molecular complexity index is 780. The van der Waals surface area contributed by atoms with Crippen LogP contribution in [0.25, 0.3) is 0 Å². The lowest BCUT2D eigenvalue weighted by Crippen LogP contribution is -2.44. The fraction of sp³-hybridized carbons (Fsp3) is 0.211. The van der Waals surface area contributed by atoms with E-state index in [9.17, 15) is 14.4 Å². The first-order valence-corrected chi connectivity index (χ1v) is 8.48. The molecule has 0 heterocycles. The Morgan fingerprint density at radius 3 is 2.26 bits per heavy atom. The molecule has 2 rings (SSSR count). The molecule has 1 unspecified atom stereocenters. The summed E-state index contributed by atoms with van der Waals surface area (Å²) in [5, 5.41) is 3.00. The van der Waals surface area contributed by atoms with Crippen LogP contribution in [0.2, 0.25) is 5.02 Å². The number of carbonyl (C=O) groups is 3. The van der Waals surface area contributed by atoms with E-state index in [4.69, 9.17) is 26.8 Å². The highest BCUT2D eigenvalue weighted by atomic mass is 35.5. The summed E-state index contributed by atoms with van der Waals surface area (Å²) in [6.45, 7) is -0.520. The normalized spacial score (nSPS) is 11.3. The van der Waals surface area contributed by atoms with Gasteiger partial charge in [-0.2, -0.15) is 0 Å². The molecule has 2 aromatic carbocycles. The van der Waals surface area contributed by atoms with E-state index in [-0.39, 0.29) is 13.0 Å². The van der Waals surface area contributed by atoms with Crippen molar-refractivity contribution < 1.29 is 23.9 Å². The van der Waals surface area contributed by atoms with Crippen molar-refractivity contribution in [3.05, 3.63) is 70.7 Å². The SMILES string of the molecule is NC(=O)COC(=O)C(Cc1ccc(Cl)cc1)NC(=O)OCc1ccccc1. The minimum absolute atomic E-state index is 0.0523. The van der Waals surface area contributed by atoms with Crippen LogP contribution in [-0.2, 0) is 32.1 Å². The Morgan fingerprint density at radius 1 is 0.963 bits per heavy atom. The summed E-state index contributed by atoms with van der Waals surface area (Å²) >= 11 is 5.85. The van der Waals surface area contributed by atoms with Crippen molar-refractivity contribution in [1.82, 2.24) is 5.32 Å². The van der Waals surface area contributed by atoms with Crippen LogP contribution in [0.3, 0.4) is 0 Å². The Balaban J connectivity index is 1.99. The van der Waals surface area contributed by atoms with E-state index in [1.165, 1.54) is 0 Å². The highest BCUT2D eigenvalue weighted by Gasteiger charge is 2.24. The summed E-state index contributed by atoms with van der Waals surface area (Å²) in [7, 11) is 0. The topological polar surface area (TPSA) is 108 Å². The number of benzene rings is 2. The maximum Gasteiger partial charge on any atom is 0.408 e. The molecule has 0 saturated carbocycles. The molecule has 3 N–H and O–H groups in total. The zero-order valence-electron chi connectivity index (χ0n) is 14.4. The molecule has 0 fully saturated rings. The first-order chi connectivity index (χ1) is 12.9. The highest BCUT2D eigenvalue weighted by molar-refractivity contribution is 6.30. The zero-order chi connectivity index (χ0) is 19.6. The highest BCUT2D eigenvalue weighted by Crippen LogP contribution is 2.12. The Hall–Kier alpha value is -3.06. The summed E-state index contributed by atoms with van der Waals surface area (Å²) in [6, 6.07) is 14.8. The molecule has 8 heteroatoms. The number of halogens is 1. The van der Waals surface area contributed by atoms with Crippen LogP contribution in [0.4, 0.5) is 4.79 Å². The van der Waals surface area contributed by atoms with Gasteiger partial charge < -0.3 is 20.5 Å². The second-order valence-electron chi connectivity index (χ2n) is 5.66. The summed E-state index contributed by atoms with van der Waals surface area (Å²) in [4.78, 5) is 35.1. The number of primary amides is 1. The Labute approximate surface area is 161 Å². The molecular weight excluding hydrogens is 372 g/mol. The quantitative estimate of drug-likeness (QED) is 0.672. The molecule has 0 aliphatic rings. The van der Waals surface area contributed by atoms with Crippen molar-refractivity contribution in [2.24, 2.45) is 5.73 Å². The molecule has 142 valence electrons. The van der Waals surface area contributed by atoms with Gasteiger partial charge in [-0.15, -0.1) is 0 Å². The van der Waals surface area contributed by atoms with Gasteiger partial charge in [0, 0.05) is 11.4 Å². The fourth-order valence-corrected chi connectivity index (χ4v) is 2.33. The van der Waals surface area contributed by atoms with E-state index in [1.807, 2.05) is 18.2 Å². The second kappa shape index (κ2) is 10.2. The van der Waals surface area contributed by atoms with Crippen molar-refractivity contribution in [3.63, 3.8) is 0 Å². The van der Waals surface area contributed by atoms with Gasteiger partial charge in [0.05, 0.1) is 0 Å². The average Bonchev–Trinajstić information content (AvgIpc) is 2.66. The van der Waals surface area contributed by atoms with E-state index in [0.29, 0.717) is 5.02 Å². The van der Waals surface area contributed by atoms with E-state index < -0.39 is 30.6 Å². The van der Waals surface area contributed by atoms with Gasteiger partial charge >= 0.3 is 12.1 Å². The maximum atomic E-state index is 12.2. The predicted molar refractivity (Wildman–Crippen MR) is 98.9 cm³/mol. The number of nitrogens with two attached hydrogens (primary N) is 1. The fourth-order valence-electron chi connectivity index (χ4n) is 2.20.